The van der Waals surface area contributed by atoms with Gasteiger partial charge in [0.15, 0.2) is 0 Å². The second-order valence-electron chi connectivity index (χ2n) is 14.7. The van der Waals surface area contributed by atoms with E-state index in [4.69, 9.17) is 0 Å². The molecule has 0 aliphatic rings. The van der Waals surface area contributed by atoms with Crippen LogP contribution in [0.25, 0.3) is 66.8 Å². The molecular weight excluding hydrogens is 637 g/mol. The molecular formula is C53H44. The molecule has 53 heavy (non-hydrogen) atoms. The van der Waals surface area contributed by atoms with Gasteiger partial charge in [-0.15, -0.1) is 0 Å². The van der Waals surface area contributed by atoms with Crippen molar-refractivity contribution in [2.24, 2.45) is 0 Å². The van der Waals surface area contributed by atoms with Crippen molar-refractivity contribution < 1.29 is 0 Å². The second kappa shape index (κ2) is 14.4. The number of rotatable bonds is 8. The first-order valence-electron chi connectivity index (χ1n) is 18.6. The molecule has 8 aromatic carbocycles. The number of hydrogen-bond donors (Lipinski definition) is 0. The molecule has 0 saturated carbocycles. The molecule has 256 valence electrons. The van der Waals surface area contributed by atoms with Crippen LogP contribution in [-0.4, -0.2) is 0 Å². The van der Waals surface area contributed by atoms with Gasteiger partial charge in [-0.1, -0.05) is 172 Å². The van der Waals surface area contributed by atoms with Crippen LogP contribution in [0.4, 0.5) is 0 Å². The summed E-state index contributed by atoms with van der Waals surface area (Å²) in [4.78, 5) is 0. The molecule has 0 radical (unpaired) electrons. The molecule has 0 spiro atoms. The largest absolute Gasteiger partial charge is 0.0622 e. The fraction of sp³-hybridized carbons (Fsp3) is 0.0943. The summed E-state index contributed by atoms with van der Waals surface area (Å²) >= 11 is 0. The van der Waals surface area contributed by atoms with Crippen molar-refractivity contribution in [1.82, 2.24) is 0 Å². The van der Waals surface area contributed by atoms with Gasteiger partial charge in [0.25, 0.3) is 0 Å². The predicted octanol–water partition coefficient (Wildman–Crippen LogP) is 14.6. The normalized spacial score (nSPS) is 11.4. The molecule has 0 N–H and O–H groups in total. The summed E-state index contributed by atoms with van der Waals surface area (Å²) in [6.07, 6.45) is 0. The molecule has 0 amide bonds. The predicted molar refractivity (Wildman–Crippen MR) is 227 cm³/mol. The summed E-state index contributed by atoms with van der Waals surface area (Å²) in [5, 5.41) is 0. The summed E-state index contributed by atoms with van der Waals surface area (Å²) < 4.78 is 0. The highest BCUT2D eigenvalue weighted by Gasteiger charge is 2.27. The fourth-order valence-electron chi connectivity index (χ4n) is 8.01. The Morgan fingerprint density at radius 3 is 0.736 bits per heavy atom. The number of benzene rings is 8. The Kier molecular flexibility index (Phi) is 9.21. The SMILES string of the molecule is Cc1cc(-c2cc(-c3ccccc3)cc(-c3ccccc3)c2)ccc1C(C)(C)c1ccc(-c2cc(-c3ccccc3)cc(-c3ccccc3)c2)cc1C. The Morgan fingerprint density at radius 1 is 0.245 bits per heavy atom. The van der Waals surface area contributed by atoms with Crippen molar-refractivity contribution in [1.29, 1.82) is 0 Å². The Hall–Kier alpha value is -6.24. The molecule has 0 atom stereocenters. The van der Waals surface area contributed by atoms with E-state index in [1.807, 2.05) is 0 Å². The van der Waals surface area contributed by atoms with E-state index in [-0.39, 0.29) is 5.41 Å². The van der Waals surface area contributed by atoms with E-state index in [0.29, 0.717) is 0 Å². The standard InChI is InChI=1S/C53H44/c1-37-29-43(49-33-45(39-17-9-5-10-18-39)31-46(34-49)40-19-11-6-12-20-40)25-27-51(37)53(3,4)52-28-26-44(30-38(52)2)50-35-47(41-21-13-7-14-22-41)32-48(36-50)42-23-15-8-16-24-42/h5-36H,1-4H3. The minimum atomic E-state index is -0.187. The molecule has 0 bridgehead atoms. The lowest BCUT2D eigenvalue weighted by atomic mass is 9.73. The third kappa shape index (κ3) is 7.02. The molecule has 0 fully saturated rings. The molecule has 0 saturated heterocycles. The van der Waals surface area contributed by atoms with Gasteiger partial charge in [-0.25, -0.2) is 0 Å². The highest BCUT2D eigenvalue weighted by Crippen LogP contribution is 2.40. The first kappa shape index (κ1) is 33.9. The van der Waals surface area contributed by atoms with Crippen LogP contribution < -0.4 is 0 Å². The van der Waals surface area contributed by atoms with Crippen LogP contribution in [0.1, 0.15) is 36.1 Å². The van der Waals surface area contributed by atoms with Gasteiger partial charge in [-0.2, -0.15) is 0 Å². The minimum absolute atomic E-state index is 0.187. The molecule has 0 unspecified atom stereocenters. The van der Waals surface area contributed by atoms with Gasteiger partial charge in [0.1, 0.15) is 0 Å². The van der Waals surface area contributed by atoms with Gasteiger partial charge in [0, 0.05) is 5.41 Å². The Morgan fingerprint density at radius 2 is 0.491 bits per heavy atom. The van der Waals surface area contributed by atoms with Crippen LogP contribution in [0, 0.1) is 13.8 Å². The van der Waals surface area contributed by atoms with Crippen LogP contribution in [0.3, 0.4) is 0 Å². The summed E-state index contributed by atoms with van der Waals surface area (Å²) in [5.41, 5.74) is 19.8. The zero-order chi connectivity index (χ0) is 36.4. The van der Waals surface area contributed by atoms with Crippen LogP contribution >= 0.6 is 0 Å². The zero-order valence-corrected chi connectivity index (χ0v) is 31.0. The maximum absolute atomic E-state index is 2.37. The van der Waals surface area contributed by atoms with Crippen LogP contribution in [0.15, 0.2) is 194 Å². The first-order valence-corrected chi connectivity index (χ1v) is 18.6. The van der Waals surface area contributed by atoms with Gasteiger partial charge < -0.3 is 0 Å². The summed E-state index contributed by atoms with van der Waals surface area (Å²) in [5.74, 6) is 0. The van der Waals surface area contributed by atoms with Gasteiger partial charge in [-0.05, 0) is 139 Å². The maximum atomic E-state index is 2.37. The van der Waals surface area contributed by atoms with Gasteiger partial charge >= 0.3 is 0 Å². The quantitative estimate of drug-likeness (QED) is 0.150. The minimum Gasteiger partial charge on any atom is -0.0622 e. The smallest absolute Gasteiger partial charge is 0.0151 e. The van der Waals surface area contributed by atoms with Gasteiger partial charge in [-0.3, -0.25) is 0 Å². The maximum Gasteiger partial charge on any atom is 0.0151 e. The van der Waals surface area contributed by atoms with Crippen molar-refractivity contribution in [2.45, 2.75) is 33.1 Å². The van der Waals surface area contributed by atoms with Crippen LogP contribution in [0.5, 0.6) is 0 Å². The van der Waals surface area contributed by atoms with E-state index >= 15 is 0 Å². The molecule has 8 aromatic rings. The summed E-state index contributed by atoms with van der Waals surface area (Å²) in [7, 11) is 0. The lowest BCUT2D eigenvalue weighted by molar-refractivity contribution is 0.631. The van der Waals surface area contributed by atoms with Crippen molar-refractivity contribution in [2.75, 3.05) is 0 Å². The van der Waals surface area contributed by atoms with Gasteiger partial charge in [0.2, 0.25) is 0 Å². The van der Waals surface area contributed by atoms with E-state index < -0.39 is 0 Å². The topological polar surface area (TPSA) is 0 Å². The third-order valence-electron chi connectivity index (χ3n) is 10.8. The summed E-state index contributed by atoms with van der Waals surface area (Å²) in [6, 6.07) is 70.8. The number of hydrogen-bond acceptors (Lipinski definition) is 0. The summed E-state index contributed by atoms with van der Waals surface area (Å²) in [6.45, 7) is 9.27. The average Bonchev–Trinajstić information content (AvgIpc) is 3.21. The van der Waals surface area contributed by atoms with E-state index in [2.05, 4.69) is 222 Å². The van der Waals surface area contributed by atoms with Crippen molar-refractivity contribution in [3.63, 3.8) is 0 Å². The number of aryl methyl sites for hydroxylation is 2. The average molecular weight is 681 g/mol. The molecule has 0 heterocycles. The second-order valence-corrected chi connectivity index (χ2v) is 14.7. The molecule has 8 rings (SSSR count). The Labute approximate surface area is 315 Å². The lowest BCUT2D eigenvalue weighted by Crippen LogP contribution is -2.21. The highest BCUT2D eigenvalue weighted by atomic mass is 14.3. The zero-order valence-electron chi connectivity index (χ0n) is 31.0. The highest BCUT2D eigenvalue weighted by molar-refractivity contribution is 5.83. The van der Waals surface area contributed by atoms with Crippen molar-refractivity contribution in [3.8, 4) is 66.8 Å². The lowest BCUT2D eigenvalue weighted by Gasteiger charge is -2.30. The van der Waals surface area contributed by atoms with E-state index in [1.165, 1.54) is 89.0 Å². The van der Waals surface area contributed by atoms with Gasteiger partial charge in [0.05, 0.1) is 0 Å². The van der Waals surface area contributed by atoms with E-state index in [0.717, 1.165) is 0 Å². The Bertz CT molecular complexity index is 2210. The first-order chi connectivity index (χ1) is 25.8. The Balaban J connectivity index is 1.15. The van der Waals surface area contributed by atoms with E-state index in [1.54, 1.807) is 0 Å². The molecule has 0 nitrogen and oxygen atoms in total. The van der Waals surface area contributed by atoms with Crippen LogP contribution in [-0.2, 0) is 5.41 Å². The molecule has 0 aliphatic carbocycles. The third-order valence-corrected chi connectivity index (χ3v) is 10.8. The van der Waals surface area contributed by atoms with Crippen LogP contribution in [0.2, 0.25) is 0 Å². The molecule has 0 aromatic heterocycles. The van der Waals surface area contributed by atoms with Crippen molar-refractivity contribution >= 4 is 0 Å². The van der Waals surface area contributed by atoms with Crippen molar-refractivity contribution in [3.05, 3.63) is 216 Å². The molecule has 0 aliphatic heterocycles. The van der Waals surface area contributed by atoms with E-state index in [9.17, 15) is 0 Å². The molecule has 0 heteroatoms. The fourth-order valence-corrected chi connectivity index (χ4v) is 8.01. The monoisotopic (exact) mass is 680 g/mol.